The Bertz CT molecular complexity index is 683. The second kappa shape index (κ2) is 6.12. The first-order chi connectivity index (χ1) is 10.5. The molecule has 1 atom stereocenters. The van der Waals surface area contributed by atoms with Crippen LogP contribution in [-0.4, -0.2) is 50.0 Å². The van der Waals surface area contributed by atoms with Gasteiger partial charge in [-0.3, -0.25) is 0 Å². The fourth-order valence-electron chi connectivity index (χ4n) is 2.94. The zero-order valence-corrected chi connectivity index (χ0v) is 13.2. The lowest BCUT2D eigenvalue weighted by atomic mass is 10.00. The Morgan fingerprint density at radius 1 is 1.23 bits per heavy atom. The molecule has 2 heterocycles. The minimum absolute atomic E-state index is 0.0671. The molecule has 22 heavy (non-hydrogen) atoms. The molecule has 0 aliphatic carbocycles. The molecule has 1 fully saturated rings. The summed E-state index contributed by atoms with van der Waals surface area (Å²) in [6, 6.07) is 9.76. The summed E-state index contributed by atoms with van der Waals surface area (Å²) in [4.78, 5) is 13.9. The van der Waals surface area contributed by atoms with Crippen molar-refractivity contribution in [2.75, 3.05) is 24.6 Å². The Balaban J connectivity index is 1.57. The van der Waals surface area contributed by atoms with E-state index in [0.29, 0.717) is 19.5 Å². The monoisotopic (exact) mass is 320 g/mol. The van der Waals surface area contributed by atoms with Crippen LogP contribution < -0.4 is 5.32 Å². The molecule has 0 unspecified atom stereocenters. The fraction of sp³-hybridized carbons (Fsp3) is 0.438. The first-order valence-electron chi connectivity index (χ1n) is 7.54. The van der Waals surface area contributed by atoms with Crippen molar-refractivity contribution in [1.29, 1.82) is 0 Å². The summed E-state index contributed by atoms with van der Waals surface area (Å²) in [5, 5.41) is 2.84. The van der Waals surface area contributed by atoms with Crippen LogP contribution in [-0.2, 0) is 9.84 Å². The lowest BCUT2D eigenvalue weighted by Crippen LogP contribution is -2.46. The number of nitrogens with one attached hydrogen (secondary N) is 1. The minimum Gasteiger partial charge on any atom is -0.334 e. The van der Waals surface area contributed by atoms with E-state index in [4.69, 9.17) is 0 Å². The van der Waals surface area contributed by atoms with Crippen molar-refractivity contribution < 1.29 is 13.2 Å². The van der Waals surface area contributed by atoms with E-state index in [1.807, 2.05) is 18.2 Å². The highest BCUT2D eigenvalue weighted by molar-refractivity contribution is 7.91. The maximum atomic E-state index is 12.2. The number of urea groups is 1. The number of hydrogen-bond donors (Lipinski definition) is 1. The Labute approximate surface area is 130 Å². The minimum atomic E-state index is -2.96. The van der Waals surface area contributed by atoms with Gasteiger partial charge in [-0.15, -0.1) is 0 Å². The molecule has 0 saturated carbocycles. The van der Waals surface area contributed by atoms with Crippen LogP contribution in [0.4, 0.5) is 4.79 Å². The van der Waals surface area contributed by atoms with Crippen molar-refractivity contribution in [2.24, 2.45) is 0 Å². The van der Waals surface area contributed by atoms with Gasteiger partial charge in [0.1, 0.15) is 0 Å². The molecule has 6 heteroatoms. The summed E-state index contributed by atoms with van der Waals surface area (Å²) in [6.45, 7) is 1.22. The van der Waals surface area contributed by atoms with Gasteiger partial charge < -0.3 is 10.2 Å². The first kappa shape index (κ1) is 15.1. The summed E-state index contributed by atoms with van der Waals surface area (Å²) >= 11 is 0. The molecular weight excluding hydrogens is 300 g/mol. The van der Waals surface area contributed by atoms with Gasteiger partial charge in [0.05, 0.1) is 11.5 Å². The van der Waals surface area contributed by atoms with Gasteiger partial charge in [0, 0.05) is 19.1 Å². The normalized spacial score (nSPS) is 23.9. The predicted molar refractivity (Wildman–Crippen MR) is 86.2 cm³/mol. The molecule has 1 saturated heterocycles. The number of amides is 2. The quantitative estimate of drug-likeness (QED) is 0.901. The van der Waals surface area contributed by atoms with Crippen molar-refractivity contribution in [3.63, 3.8) is 0 Å². The van der Waals surface area contributed by atoms with Gasteiger partial charge in [-0.25, -0.2) is 13.2 Å². The van der Waals surface area contributed by atoms with E-state index >= 15 is 0 Å². The average molecular weight is 320 g/mol. The van der Waals surface area contributed by atoms with Crippen molar-refractivity contribution in [1.82, 2.24) is 10.2 Å². The molecule has 2 amide bonds. The lowest BCUT2D eigenvalue weighted by Gasteiger charge is -2.28. The van der Waals surface area contributed by atoms with Crippen LogP contribution in [0.1, 0.15) is 18.4 Å². The number of carbonyl (C=O) groups is 1. The first-order valence-corrected chi connectivity index (χ1v) is 9.36. The van der Waals surface area contributed by atoms with E-state index in [-0.39, 0.29) is 23.6 Å². The van der Waals surface area contributed by atoms with Crippen LogP contribution >= 0.6 is 0 Å². The highest BCUT2D eigenvalue weighted by Gasteiger charge is 2.30. The number of hydrogen-bond acceptors (Lipinski definition) is 3. The molecule has 5 nitrogen and oxygen atoms in total. The lowest BCUT2D eigenvalue weighted by molar-refractivity contribution is 0.200. The van der Waals surface area contributed by atoms with Gasteiger partial charge in [-0.1, -0.05) is 36.4 Å². The largest absolute Gasteiger partial charge is 0.334 e. The third kappa shape index (κ3) is 3.50. The molecule has 3 rings (SSSR count). The van der Waals surface area contributed by atoms with Crippen LogP contribution in [0.25, 0.3) is 5.57 Å². The molecule has 2 aliphatic rings. The zero-order valence-electron chi connectivity index (χ0n) is 12.4. The van der Waals surface area contributed by atoms with Gasteiger partial charge in [0.25, 0.3) is 0 Å². The van der Waals surface area contributed by atoms with Crippen molar-refractivity contribution >= 4 is 21.4 Å². The number of rotatable bonds is 2. The average Bonchev–Trinajstić information content (AvgIpc) is 2.87. The second-order valence-electron chi connectivity index (χ2n) is 5.84. The number of benzene rings is 1. The number of nitrogens with zero attached hydrogens (tertiary/aromatic N) is 1. The van der Waals surface area contributed by atoms with E-state index in [1.54, 1.807) is 4.90 Å². The van der Waals surface area contributed by atoms with Crippen LogP contribution in [0.15, 0.2) is 36.4 Å². The van der Waals surface area contributed by atoms with E-state index in [2.05, 4.69) is 23.5 Å². The molecule has 1 aromatic carbocycles. The number of sulfone groups is 1. The topological polar surface area (TPSA) is 66.5 Å². The summed E-state index contributed by atoms with van der Waals surface area (Å²) in [6.07, 6.45) is 3.41. The van der Waals surface area contributed by atoms with Gasteiger partial charge in [0.2, 0.25) is 0 Å². The fourth-order valence-corrected chi connectivity index (χ4v) is 4.62. The van der Waals surface area contributed by atoms with E-state index in [1.165, 1.54) is 11.1 Å². The maximum absolute atomic E-state index is 12.2. The molecule has 0 bridgehead atoms. The van der Waals surface area contributed by atoms with E-state index in [0.717, 1.165) is 6.42 Å². The molecule has 0 aromatic heterocycles. The Kier molecular flexibility index (Phi) is 4.20. The highest BCUT2D eigenvalue weighted by atomic mass is 32.2. The van der Waals surface area contributed by atoms with E-state index < -0.39 is 9.84 Å². The molecule has 1 aromatic rings. The van der Waals surface area contributed by atoms with Crippen LogP contribution in [0.5, 0.6) is 0 Å². The van der Waals surface area contributed by atoms with Gasteiger partial charge in [0.15, 0.2) is 9.84 Å². The second-order valence-corrected chi connectivity index (χ2v) is 8.07. The SMILES string of the molecule is O=C(N[C@H]1CCS(=O)(=O)C1)N1CC=C(c2ccccc2)CC1. The van der Waals surface area contributed by atoms with Crippen molar-refractivity contribution in [3.05, 3.63) is 42.0 Å². The zero-order chi connectivity index (χ0) is 15.6. The van der Waals surface area contributed by atoms with Gasteiger partial charge in [-0.05, 0) is 24.0 Å². The molecular formula is C16H20N2O3S. The van der Waals surface area contributed by atoms with Crippen LogP contribution in [0.3, 0.4) is 0 Å². The van der Waals surface area contributed by atoms with Crippen LogP contribution in [0.2, 0.25) is 0 Å². The smallest absolute Gasteiger partial charge is 0.317 e. The standard InChI is InChI=1S/C16H20N2O3S/c19-16(17-15-8-11-22(20,21)12-15)18-9-6-14(7-10-18)13-4-2-1-3-5-13/h1-6,15H,7-12H2,(H,17,19)/t15-/m0/s1. The third-order valence-corrected chi connectivity index (χ3v) is 5.97. The Morgan fingerprint density at radius 3 is 2.59 bits per heavy atom. The third-order valence-electron chi connectivity index (χ3n) is 4.20. The summed E-state index contributed by atoms with van der Waals surface area (Å²) < 4.78 is 22.8. The molecule has 0 spiro atoms. The highest BCUT2D eigenvalue weighted by Crippen LogP contribution is 2.22. The van der Waals surface area contributed by atoms with Crippen molar-refractivity contribution in [2.45, 2.75) is 18.9 Å². The Morgan fingerprint density at radius 2 is 2.00 bits per heavy atom. The maximum Gasteiger partial charge on any atom is 0.317 e. The molecule has 0 radical (unpaired) electrons. The van der Waals surface area contributed by atoms with Gasteiger partial charge in [-0.2, -0.15) is 0 Å². The number of carbonyl (C=O) groups excluding carboxylic acids is 1. The molecule has 1 N–H and O–H groups in total. The van der Waals surface area contributed by atoms with E-state index in [9.17, 15) is 13.2 Å². The summed E-state index contributed by atoms with van der Waals surface area (Å²) in [5.41, 5.74) is 2.46. The molecule has 118 valence electrons. The Hall–Kier alpha value is -1.82. The van der Waals surface area contributed by atoms with Crippen LogP contribution in [0, 0.1) is 0 Å². The van der Waals surface area contributed by atoms with Crippen molar-refractivity contribution in [3.8, 4) is 0 Å². The summed E-state index contributed by atoms with van der Waals surface area (Å²) in [7, 11) is -2.96. The predicted octanol–water partition coefficient (Wildman–Crippen LogP) is 1.67. The molecule has 2 aliphatic heterocycles. The van der Waals surface area contributed by atoms with Gasteiger partial charge >= 0.3 is 6.03 Å². The summed E-state index contributed by atoms with van der Waals surface area (Å²) in [5.74, 6) is 0.244.